The van der Waals surface area contributed by atoms with Gasteiger partial charge in [0.2, 0.25) is 5.13 Å². The lowest BCUT2D eigenvalue weighted by Crippen LogP contribution is -2.29. The number of hydrazine groups is 1. The minimum atomic E-state index is -0.201. The number of amides is 1. The summed E-state index contributed by atoms with van der Waals surface area (Å²) in [6, 6.07) is 12.9. The third-order valence-electron chi connectivity index (χ3n) is 2.97. The quantitative estimate of drug-likeness (QED) is 0.540. The fourth-order valence-corrected chi connectivity index (χ4v) is 3.45. The summed E-state index contributed by atoms with van der Waals surface area (Å²) in [5, 5.41) is 1.28. The highest BCUT2D eigenvalue weighted by Crippen LogP contribution is 2.27. The molecule has 0 aliphatic carbocycles. The van der Waals surface area contributed by atoms with Gasteiger partial charge in [-0.2, -0.15) is 0 Å². The fraction of sp³-hybridized carbons (Fsp3) is 0.0667. The summed E-state index contributed by atoms with van der Waals surface area (Å²) in [5.41, 5.74) is 6.95. The second-order valence-corrected chi connectivity index (χ2v) is 6.79. The van der Waals surface area contributed by atoms with Crippen LogP contribution in [0.2, 0.25) is 5.02 Å². The van der Waals surface area contributed by atoms with E-state index in [0.29, 0.717) is 15.7 Å². The zero-order chi connectivity index (χ0) is 15.5. The molecule has 0 aliphatic heterocycles. The zero-order valence-corrected chi connectivity index (χ0v) is 14.0. The highest BCUT2D eigenvalue weighted by atomic mass is 35.5. The molecule has 0 spiro atoms. The van der Waals surface area contributed by atoms with E-state index in [9.17, 15) is 4.79 Å². The molecule has 3 rings (SSSR count). The van der Waals surface area contributed by atoms with Crippen molar-refractivity contribution in [3.63, 3.8) is 0 Å². The molecule has 1 aromatic heterocycles. The van der Waals surface area contributed by atoms with E-state index in [4.69, 9.17) is 11.6 Å². The van der Waals surface area contributed by atoms with Crippen molar-refractivity contribution in [2.45, 2.75) is 4.90 Å². The van der Waals surface area contributed by atoms with Gasteiger partial charge < -0.3 is 0 Å². The number of halogens is 1. The van der Waals surface area contributed by atoms with Crippen molar-refractivity contribution in [3.8, 4) is 0 Å². The number of rotatable bonds is 4. The fourth-order valence-electron chi connectivity index (χ4n) is 1.90. The minimum absolute atomic E-state index is 0.201. The second-order valence-electron chi connectivity index (χ2n) is 4.44. The molecule has 112 valence electrons. The molecule has 0 radical (unpaired) electrons. The van der Waals surface area contributed by atoms with Crippen molar-refractivity contribution >= 4 is 56.0 Å². The maximum atomic E-state index is 12.1. The van der Waals surface area contributed by atoms with Gasteiger partial charge in [0, 0.05) is 15.5 Å². The highest BCUT2D eigenvalue weighted by Gasteiger charge is 2.08. The molecule has 4 nitrogen and oxygen atoms in total. The van der Waals surface area contributed by atoms with Gasteiger partial charge in [0.25, 0.3) is 5.91 Å². The number of benzene rings is 2. The van der Waals surface area contributed by atoms with E-state index < -0.39 is 0 Å². The van der Waals surface area contributed by atoms with Crippen LogP contribution in [0.3, 0.4) is 0 Å². The Balaban J connectivity index is 1.71. The Hall–Kier alpha value is -1.76. The molecule has 0 saturated carbocycles. The average molecular weight is 350 g/mol. The van der Waals surface area contributed by atoms with E-state index in [2.05, 4.69) is 15.8 Å². The largest absolute Gasteiger partial charge is 0.273 e. The highest BCUT2D eigenvalue weighted by molar-refractivity contribution is 7.98. The predicted molar refractivity (Wildman–Crippen MR) is 93.9 cm³/mol. The van der Waals surface area contributed by atoms with Crippen molar-refractivity contribution < 1.29 is 4.79 Å². The number of fused-ring (bicyclic) bond motifs is 1. The normalized spacial score (nSPS) is 10.6. The molecule has 0 saturated heterocycles. The van der Waals surface area contributed by atoms with E-state index in [1.165, 1.54) is 11.3 Å². The lowest BCUT2D eigenvalue weighted by Gasteiger charge is -2.06. The van der Waals surface area contributed by atoms with Gasteiger partial charge in [-0.3, -0.25) is 15.6 Å². The van der Waals surface area contributed by atoms with Crippen LogP contribution in [0.5, 0.6) is 0 Å². The molecule has 7 heteroatoms. The summed E-state index contributed by atoms with van der Waals surface area (Å²) in [5.74, 6) is -0.201. The van der Waals surface area contributed by atoms with Crippen LogP contribution in [0, 0.1) is 0 Å². The predicted octanol–water partition coefficient (Wildman–Crippen LogP) is 4.43. The number of thioether (sulfide) groups is 1. The topological polar surface area (TPSA) is 54.0 Å². The lowest BCUT2D eigenvalue weighted by molar-refractivity contribution is 0.0962. The van der Waals surface area contributed by atoms with E-state index in [1.54, 1.807) is 23.9 Å². The molecule has 0 bridgehead atoms. The number of hydrogen-bond donors (Lipinski definition) is 2. The van der Waals surface area contributed by atoms with Crippen LogP contribution in [0.25, 0.3) is 10.2 Å². The molecule has 0 fully saturated rings. The van der Waals surface area contributed by atoms with Gasteiger partial charge in [-0.15, -0.1) is 11.8 Å². The Morgan fingerprint density at radius 3 is 2.95 bits per heavy atom. The first-order valence-corrected chi connectivity index (χ1v) is 8.84. The smallest absolute Gasteiger partial charge is 0.269 e. The van der Waals surface area contributed by atoms with Gasteiger partial charge in [-0.1, -0.05) is 29.0 Å². The molecule has 22 heavy (non-hydrogen) atoms. The van der Waals surface area contributed by atoms with Gasteiger partial charge in [0.15, 0.2) is 0 Å². The maximum absolute atomic E-state index is 12.1. The van der Waals surface area contributed by atoms with Crippen LogP contribution in [0.15, 0.2) is 47.4 Å². The number of nitrogens with zero attached hydrogens (tertiary/aromatic N) is 1. The standard InChI is InChI=1S/C15H12ClN3OS2/c1-21-11-4-2-3-9(7-11)14(20)18-19-15-17-12-6-5-10(16)8-13(12)22-15/h2-8H,1H3,(H,17,19)(H,18,20). The van der Waals surface area contributed by atoms with Gasteiger partial charge in [0.05, 0.1) is 10.2 Å². The number of hydrogen-bond acceptors (Lipinski definition) is 5. The first-order valence-electron chi connectivity index (χ1n) is 6.42. The Bertz CT molecular complexity index is 835. The summed E-state index contributed by atoms with van der Waals surface area (Å²) in [7, 11) is 0. The van der Waals surface area contributed by atoms with Gasteiger partial charge in [0.1, 0.15) is 0 Å². The third-order valence-corrected chi connectivity index (χ3v) is 4.86. The lowest BCUT2D eigenvalue weighted by atomic mass is 10.2. The number of nitrogens with one attached hydrogen (secondary N) is 2. The molecule has 2 N–H and O–H groups in total. The van der Waals surface area contributed by atoms with E-state index in [0.717, 1.165) is 15.1 Å². The molecule has 3 aromatic rings. The Kier molecular flexibility index (Phi) is 4.52. The molecular formula is C15H12ClN3OS2. The van der Waals surface area contributed by atoms with E-state index >= 15 is 0 Å². The molecule has 0 atom stereocenters. The first-order chi connectivity index (χ1) is 10.7. The first kappa shape index (κ1) is 15.1. The van der Waals surface area contributed by atoms with Gasteiger partial charge in [-0.05, 0) is 42.7 Å². The Labute approximate surface area is 140 Å². The minimum Gasteiger partial charge on any atom is -0.273 e. The van der Waals surface area contributed by atoms with Gasteiger partial charge >= 0.3 is 0 Å². The third kappa shape index (κ3) is 3.35. The van der Waals surface area contributed by atoms with Crippen LogP contribution in [0.1, 0.15) is 10.4 Å². The molecule has 2 aromatic carbocycles. The summed E-state index contributed by atoms with van der Waals surface area (Å²) in [6.45, 7) is 0. The average Bonchev–Trinajstić information content (AvgIpc) is 2.94. The molecule has 0 aliphatic rings. The number of carbonyl (C=O) groups is 1. The second kappa shape index (κ2) is 6.56. The SMILES string of the molecule is CSc1cccc(C(=O)NNc2nc3ccc(Cl)cc3s2)c1. The monoisotopic (exact) mass is 349 g/mol. The van der Waals surface area contributed by atoms with Crippen molar-refractivity contribution in [1.82, 2.24) is 10.4 Å². The van der Waals surface area contributed by atoms with Crippen LogP contribution in [-0.4, -0.2) is 17.1 Å². The zero-order valence-electron chi connectivity index (χ0n) is 11.6. The number of aromatic nitrogens is 1. The number of carbonyl (C=O) groups excluding carboxylic acids is 1. The van der Waals surface area contributed by atoms with Crippen LogP contribution < -0.4 is 10.9 Å². The van der Waals surface area contributed by atoms with E-state index in [1.807, 2.05) is 36.6 Å². The van der Waals surface area contributed by atoms with Crippen LogP contribution in [0.4, 0.5) is 5.13 Å². The molecule has 1 heterocycles. The summed E-state index contributed by atoms with van der Waals surface area (Å²) >= 11 is 8.98. The number of thiazole rings is 1. The van der Waals surface area contributed by atoms with Gasteiger partial charge in [-0.25, -0.2) is 4.98 Å². The maximum Gasteiger partial charge on any atom is 0.269 e. The van der Waals surface area contributed by atoms with Crippen molar-refractivity contribution in [2.24, 2.45) is 0 Å². The van der Waals surface area contributed by atoms with Crippen molar-refractivity contribution in [3.05, 3.63) is 53.1 Å². The van der Waals surface area contributed by atoms with Crippen LogP contribution in [-0.2, 0) is 0 Å². The number of anilines is 1. The summed E-state index contributed by atoms with van der Waals surface area (Å²) < 4.78 is 0.966. The van der Waals surface area contributed by atoms with Crippen molar-refractivity contribution in [1.29, 1.82) is 0 Å². The van der Waals surface area contributed by atoms with E-state index in [-0.39, 0.29) is 5.91 Å². The van der Waals surface area contributed by atoms with Crippen molar-refractivity contribution in [2.75, 3.05) is 11.7 Å². The Morgan fingerprint density at radius 2 is 2.14 bits per heavy atom. The summed E-state index contributed by atoms with van der Waals surface area (Å²) in [4.78, 5) is 17.6. The Morgan fingerprint density at radius 1 is 1.27 bits per heavy atom. The molecule has 0 unspecified atom stereocenters. The molecule has 1 amide bonds. The summed E-state index contributed by atoms with van der Waals surface area (Å²) in [6.07, 6.45) is 1.97. The molecular weight excluding hydrogens is 338 g/mol. The van der Waals surface area contributed by atoms with Crippen LogP contribution >= 0.6 is 34.7 Å².